The lowest BCUT2D eigenvalue weighted by atomic mass is 9.75. The summed E-state index contributed by atoms with van der Waals surface area (Å²) in [7, 11) is -2.27. The Morgan fingerprint density at radius 2 is 2.00 bits per heavy atom. The number of rotatable bonds is 3. The van der Waals surface area contributed by atoms with Gasteiger partial charge in [0.2, 0.25) is 10.0 Å². The molecule has 6 heteroatoms. The van der Waals surface area contributed by atoms with Crippen molar-refractivity contribution in [3.05, 3.63) is 53.6 Å². The van der Waals surface area contributed by atoms with Crippen LogP contribution in [0.1, 0.15) is 24.8 Å². The summed E-state index contributed by atoms with van der Waals surface area (Å²) in [5.74, 6) is -0.442. The molecule has 1 fully saturated rings. The summed E-state index contributed by atoms with van der Waals surface area (Å²) in [6.07, 6.45) is 8.41. The fraction of sp³-hybridized carbons (Fsp3) is 0.421. The van der Waals surface area contributed by atoms with Gasteiger partial charge in [0.15, 0.2) is 0 Å². The molecule has 1 atom stereocenters. The van der Waals surface area contributed by atoms with Crippen molar-refractivity contribution in [1.82, 2.24) is 4.31 Å². The highest BCUT2D eigenvalue weighted by atomic mass is 32.2. The molecule has 1 unspecified atom stereocenters. The largest absolute Gasteiger partial charge is 0.466 e. The van der Waals surface area contributed by atoms with Crippen LogP contribution in [-0.2, 0) is 19.6 Å². The van der Waals surface area contributed by atoms with Crippen molar-refractivity contribution in [2.24, 2.45) is 5.41 Å². The van der Waals surface area contributed by atoms with E-state index < -0.39 is 21.4 Å². The molecule has 0 saturated carbocycles. The Balaban J connectivity index is 1.98. The van der Waals surface area contributed by atoms with E-state index in [1.54, 1.807) is 24.3 Å². The van der Waals surface area contributed by atoms with Gasteiger partial charge in [-0.1, -0.05) is 29.8 Å². The first-order chi connectivity index (χ1) is 11.9. The van der Waals surface area contributed by atoms with Gasteiger partial charge in [0.05, 0.1) is 12.0 Å². The predicted octanol–water partition coefficient (Wildman–Crippen LogP) is 2.83. The van der Waals surface area contributed by atoms with Gasteiger partial charge in [0, 0.05) is 24.6 Å². The number of esters is 1. The summed E-state index contributed by atoms with van der Waals surface area (Å²) in [6.45, 7) is 2.50. The zero-order chi connectivity index (χ0) is 18.1. The van der Waals surface area contributed by atoms with E-state index in [0.29, 0.717) is 6.54 Å². The maximum absolute atomic E-state index is 13.0. The van der Waals surface area contributed by atoms with Crippen LogP contribution >= 0.6 is 0 Å². The molecule has 1 heterocycles. The van der Waals surface area contributed by atoms with Gasteiger partial charge in [-0.05, 0) is 43.9 Å². The van der Waals surface area contributed by atoms with E-state index in [9.17, 15) is 13.2 Å². The quantitative estimate of drug-likeness (QED) is 0.472. The average Bonchev–Trinajstić information content (AvgIpc) is 2.94. The molecule has 0 amide bonds. The zero-order valence-corrected chi connectivity index (χ0v) is 15.4. The number of ether oxygens (including phenoxy) is 1. The molecule has 2 aliphatic rings. The van der Waals surface area contributed by atoms with Crippen molar-refractivity contribution in [3.63, 3.8) is 0 Å². The molecule has 1 aromatic rings. The number of aryl methyl sites for hydroxylation is 1. The summed E-state index contributed by atoms with van der Waals surface area (Å²) in [5.41, 5.74) is 1.42. The van der Waals surface area contributed by atoms with Gasteiger partial charge in [0.25, 0.3) is 0 Å². The second-order valence-electron chi connectivity index (χ2n) is 6.73. The van der Waals surface area contributed by atoms with Crippen molar-refractivity contribution in [3.8, 4) is 0 Å². The van der Waals surface area contributed by atoms with Gasteiger partial charge >= 0.3 is 5.97 Å². The zero-order valence-electron chi connectivity index (χ0n) is 14.6. The summed E-state index contributed by atoms with van der Waals surface area (Å²) in [5, 5.41) is 0. The Morgan fingerprint density at radius 3 is 2.60 bits per heavy atom. The Hall–Kier alpha value is -1.92. The SMILES string of the molecule is COC(=O)/C=C1\CN(S(=O)(=O)c2ccc(C)cc2)CC12C=CCCC2. The van der Waals surface area contributed by atoms with E-state index in [-0.39, 0.29) is 11.4 Å². The first-order valence-electron chi connectivity index (χ1n) is 8.41. The van der Waals surface area contributed by atoms with E-state index in [1.807, 2.05) is 6.92 Å². The number of sulfonamides is 1. The van der Waals surface area contributed by atoms with Crippen LogP contribution in [0.25, 0.3) is 0 Å². The number of nitrogens with zero attached hydrogens (tertiary/aromatic N) is 1. The molecule has 134 valence electrons. The smallest absolute Gasteiger partial charge is 0.330 e. The Labute approximate surface area is 149 Å². The fourth-order valence-corrected chi connectivity index (χ4v) is 5.05. The number of hydrogen-bond acceptors (Lipinski definition) is 4. The number of hydrogen-bond donors (Lipinski definition) is 0. The van der Waals surface area contributed by atoms with Gasteiger partial charge < -0.3 is 4.74 Å². The molecule has 0 N–H and O–H groups in total. The third-order valence-electron chi connectivity index (χ3n) is 5.03. The number of benzene rings is 1. The molecular formula is C19H23NO4S. The monoisotopic (exact) mass is 361 g/mol. The molecule has 5 nitrogen and oxygen atoms in total. The highest BCUT2D eigenvalue weighted by Gasteiger charge is 2.45. The van der Waals surface area contributed by atoms with Crippen LogP contribution in [0, 0.1) is 12.3 Å². The van der Waals surface area contributed by atoms with Crippen LogP contribution in [0.2, 0.25) is 0 Å². The molecule has 0 radical (unpaired) electrons. The molecule has 1 aliphatic heterocycles. The Morgan fingerprint density at radius 1 is 1.28 bits per heavy atom. The van der Waals surface area contributed by atoms with E-state index in [0.717, 1.165) is 30.4 Å². The molecule has 0 bridgehead atoms. The van der Waals surface area contributed by atoms with Gasteiger partial charge in [0.1, 0.15) is 0 Å². The first-order valence-corrected chi connectivity index (χ1v) is 9.85. The van der Waals surface area contributed by atoms with Crippen LogP contribution in [0.15, 0.2) is 53.0 Å². The molecule has 1 spiro atoms. The molecule has 25 heavy (non-hydrogen) atoms. The number of allylic oxidation sites excluding steroid dienone is 1. The van der Waals surface area contributed by atoms with Gasteiger partial charge in [-0.15, -0.1) is 0 Å². The summed E-state index contributed by atoms with van der Waals surface area (Å²) in [6, 6.07) is 6.86. The third kappa shape index (κ3) is 3.41. The lowest BCUT2D eigenvalue weighted by Gasteiger charge is -2.30. The van der Waals surface area contributed by atoms with Crippen LogP contribution in [0.4, 0.5) is 0 Å². The lowest BCUT2D eigenvalue weighted by Crippen LogP contribution is -2.32. The van der Waals surface area contributed by atoms with E-state index in [1.165, 1.54) is 17.5 Å². The van der Waals surface area contributed by atoms with Gasteiger partial charge in [-0.25, -0.2) is 13.2 Å². The minimum absolute atomic E-state index is 0.218. The van der Waals surface area contributed by atoms with Gasteiger partial charge in [-0.3, -0.25) is 0 Å². The van der Waals surface area contributed by atoms with Crippen molar-refractivity contribution < 1.29 is 17.9 Å². The summed E-state index contributed by atoms with van der Waals surface area (Å²) >= 11 is 0. The van der Waals surface area contributed by atoms with E-state index in [4.69, 9.17) is 4.74 Å². The number of methoxy groups -OCH3 is 1. The van der Waals surface area contributed by atoms with Crippen molar-refractivity contribution in [1.29, 1.82) is 0 Å². The predicted molar refractivity (Wildman–Crippen MR) is 95.5 cm³/mol. The van der Waals surface area contributed by atoms with Crippen molar-refractivity contribution in [2.75, 3.05) is 20.2 Å². The van der Waals surface area contributed by atoms with E-state index >= 15 is 0 Å². The summed E-state index contributed by atoms with van der Waals surface area (Å²) < 4.78 is 32.3. The Bertz CT molecular complexity index is 823. The highest BCUT2D eigenvalue weighted by molar-refractivity contribution is 7.89. The third-order valence-corrected chi connectivity index (χ3v) is 6.83. The second kappa shape index (κ2) is 6.77. The molecule has 1 saturated heterocycles. The van der Waals surface area contributed by atoms with Crippen molar-refractivity contribution >= 4 is 16.0 Å². The first kappa shape index (κ1) is 17.9. The van der Waals surface area contributed by atoms with Gasteiger partial charge in [-0.2, -0.15) is 4.31 Å². The van der Waals surface area contributed by atoms with Crippen molar-refractivity contribution in [2.45, 2.75) is 31.1 Å². The highest BCUT2D eigenvalue weighted by Crippen LogP contribution is 2.45. The fourth-order valence-electron chi connectivity index (χ4n) is 3.57. The van der Waals surface area contributed by atoms with E-state index in [2.05, 4.69) is 12.2 Å². The van der Waals surface area contributed by atoms with Crippen LogP contribution in [0.3, 0.4) is 0 Å². The normalized spacial score (nSPS) is 25.6. The molecular weight excluding hydrogens is 338 g/mol. The molecule has 1 aliphatic carbocycles. The minimum Gasteiger partial charge on any atom is -0.466 e. The average molecular weight is 361 g/mol. The van der Waals surface area contributed by atoms with Crippen LogP contribution in [-0.4, -0.2) is 38.9 Å². The molecule has 1 aromatic carbocycles. The van der Waals surface area contributed by atoms with Crippen LogP contribution < -0.4 is 0 Å². The Kier molecular flexibility index (Phi) is 4.84. The maximum Gasteiger partial charge on any atom is 0.330 e. The minimum atomic E-state index is -3.60. The number of carbonyl (C=O) groups excluding carboxylic acids is 1. The number of carbonyl (C=O) groups is 1. The summed E-state index contributed by atoms with van der Waals surface area (Å²) in [4.78, 5) is 12.1. The second-order valence-corrected chi connectivity index (χ2v) is 8.67. The topological polar surface area (TPSA) is 63.7 Å². The lowest BCUT2D eigenvalue weighted by molar-refractivity contribution is -0.134. The maximum atomic E-state index is 13.0. The standard InChI is InChI=1S/C19H23NO4S/c1-15-6-8-17(9-7-15)25(22,23)20-13-16(12-18(21)24-2)19(14-20)10-4-3-5-11-19/h4,6-10,12H,3,5,11,13-14H2,1-2H3/b16-12+. The molecule has 3 rings (SSSR count). The molecule has 0 aromatic heterocycles. The van der Waals surface area contributed by atoms with Crippen LogP contribution in [0.5, 0.6) is 0 Å².